The third kappa shape index (κ3) is 3.80. The highest BCUT2D eigenvalue weighted by atomic mass is 19.1. The monoisotopic (exact) mass is 404 g/mol. The highest BCUT2D eigenvalue weighted by Crippen LogP contribution is 2.46. The summed E-state index contributed by atoms with van der Waals surface area (Å²) in [4.78, 5) is 14.7. The molecule has 1 aromatic heterocycles. The molecule has 0 spiro atoms. The SMILES string of the molecule is O=C(NCCO)O[C@H]1C[C@H](c2c(-c3ccc(F)cc3)[nH]c3c(F)cc(F)cc32)C1. The standard InChI is InChI=1S/C21H19F3N2O3/c22-13-3-1-11(2-4-13)19-18(16-9-14(23)10-17(24)20(16)26-19)12-7-15(8-12)29-21(28)25-5-6-27/h1-4,9-10,12,15,26-27H,5-8H2,(H,25,28)/t12-,15-. The maximum Gasteiger partial charge on any atom is 0.407 e. The van der Waals surface area contributed by atoms with Gasteiger partial charge in [-0.25, -0.2) is 18.0 Å². The van der Waals surface area contributed by atoms with Gasteiger partial charge in [0, 0.05) is 18.0 Å². The molecule has 1 aliphatic rings. The van der Waals surface area contributed by atoms with Crippen LogP contribution < -0.4 is 5.32 Å². The summed E-state index contributed by atoms with van der Waals surface area (Å²) >= 11 is 0. The molecule has 1 heterocycles. The van der Waals surface area contributed by atoms with Crippen LogP contribution >= 0.6 is 0 Å². The van der Waals surface area contributed by atoms with Gasteiger partial charge in [-0.2, -0.15) is 0 Å². The topological polar surface area (TPSA) is 74.3 Å². The number of carbonyl (C=O) groups is 1. The van der Waals surface area contributed by atoms with E-state index in [0.29, 0.717) is 29.5 Å². The van der Waals surface area contributed by atoms with Crippen molar-refractivity contribution in [2.45, 2.75) is 24.9 Å². The fraction of sp³-hybridized carbons (Fsp3) is 0.286. The molecule has 0 unspecified atom stereocenters. The van der Waals surface area contributed by atoms with Gasteiger partial charge in [-0.1, -0.05) is 0 Å². The molecule has 0 radical (unpaired) electrons. The Morgan fingerprint density at radius 3 is 2.55 bits per heavy atom. The molecular formula is C21H19F3N2O3. The molecule has 0 saturated heterocycles. The first-order chi connectivity index (χ1) is 14.0. The van der Waals surface area contributed by atoms with Gasteiger partial charge < -0.3 is 20.1 Å². The van der Waals surface area contributed by atoms with Crippen molar-refractivity contribution in [1.82, 2.24) is 10.3 Å². The third-order valence-corrected chi connectivity index (χ3v) is 5.16. The van der Waals surface area contributed by atoms with Gasteiger partial charge in [-0.15, -0.1) is 0 Å². The number of alkyl carbamates (subject to hydrolysis) is 1. The number of benzene rings is 2. The molecule has 0 aliphatic heterocycles. The summed E-state index contributed by atoms with van der Waals surface area (Å²) in [7, 11) is 0. The van der Waals surface area contributed by atoms with E-state index in [1.165, 1.54) is 18.2 Å². The van der Waals surface area contributed by atoms with Gasteiger partial charge >= 0.3 is 6.09 Å². The minimum atomic E-state index is -0.704. The van der Waals surface area contributed by atoms with Gasteiger partial charge in [0.15, 0.2) is 0 Å². The number of rotatable bonds is 5. The lowest BCUT2D eigenvalue weighted by atomic mass is 9.75. The largest absolute Gasteiger partial charge is 0.446 e. The highest BCUT2D eigenvalue weighted by Gasteiger charge is 2.37. The minimum Gasteiger partial charge on any atom is -0.446 e. The number of amides is 1. The first-order valence-corrected chi connectivity index (χ1v) is 9.28. The van der Waals surface area contributed by atoms with Crippen molar-refractivity contribution in [3.05, 3.63) is 59.4 Å². The Bertz CT molecular complexity index is 1040. The van der Waals surface area contributed by atoms with Crippen LogP contribution in [0.5, 0.6) is 0 Å². The van der Waals surface area contributed by atoms with E-state index in [4.69, 9.17) is 9.84 Å². The molecule has 1 saturated carbocycles. The Kier molecular flexibility index (Phi) is 5.19. The average Bonchev–Trinajstić information content (AvgIpc) is 3.02. The second-order valence-electron chi connectivity index (χ2n) is 7.08. The normalized spacial score (nSPS) is 18.5. The van der Waals surface area contributed by atoms with E-state index < -0.39 is 23.5 Å². The summed E-state index contributed by atoms with van der Waals surface area (Å²) in [6.45, 7) is -0.0828. The minimum absolute atomic E-state index is 0.0827. The summed E-state index contributed by atoms with van der Waals surface area (Å²) in [6, 6.07) is 7.85. The molecule has 8 heteroatoms. The maximum atomic E-state index is 14.3. The van der Waals surface area contributed by atoms with Gasteiger partial charge in [0.2, 0.25) is 0 Å². The number of fused-ring (bicyclic) bond motifs is 1. The number of aliphatic hydroxyl groups excluding tert-OH is 1. The van der Waals surface area contributed by atoms with E-state index >= 15 is 0 Å². The summed E-state index contributed by atoms with van der Waals surface area (Å²) in [5.41, 5.74) is 2.16. The molecule has 29 heavy (non-hydrogen) atoms. The molecule has 1 aliphatic carbocycles. The van der Waals surface area contributed by atoms with Crippen LogP contribution in [0.2, 0.25) is 0 Å². The molecule has 1 amide bonds. The summed E-state index contributed by atoms with van der Waals surface area (Å²) in [5.74, 6) is -1.86. The molecule has 2 aromatic carbocycles. The number of aromatic amines is 1. The Morgan fingerprint density at radius 2 is 1.86 bits per heavy atom. The lowest BCUT2D eigenvalue weighted by molar-refractivity contribution is 0.0392. The summed E-state index contributed by atoms with van der Waals surface area (Å²) < 4.78 is 46.8. The van der Waals surface area contributed by atoms with Gasteiger partial charge in [0.05, 0.1) is 17.8 Å². The number of hydrogen-bond donors (Lipinski definition) is 3. The molecule has 4 rings (SSSR count). The van der Waals surface area contributed by atoms with Crippen LogP contribution in [0.3, 0.4) is 0 Å². The number of aromatic nitrogens is 1. The van der Waals surface area contributed by atoms with Crippen LogP contribution in [0.4, 0.5) is 18.0 Å². The quantitative estimate of drug-likeness (QED) is 0.596. The summed E-state index contributed by atoms with van der Waals surface area (Å²) in [5, 5.41) is 11.6. The number of hydrogen-bond acceptors (Lipinski definition) is 3. The van der Waals surface area contributed by atoms with E-state index in [0.717, 1.165) is 11.6 Å². The zero-order valence-electron chi connectivity index (χ0n) is 15.3. The van der Waals surface area contributed by atoms with Crippen molar-refractivity contribution in [1.29, 1.82) is 0 Å². The number of nitrogens with one attached hydrogen (secondary N) is 2. The third-order valence-electron chi connectivity index (χ3n) is 5.16. The Balaban J connectivity index is 1.65. The summed E-state index contributed by atoms with van der Waals surface area (Å²) in [6.07, 6.45) is 0.0397. The zero-order valence-corrected chi connectivity index (χ0v) is 15.3. The first kappa shape index (κ1) is 19.3. The van der Waals surface area contributed by atoms with Gasteiger partial charge in [0.1, 0.15) is 23.6 Å². The zero-order chi connectivity index (χ0) is 20.5. The van der Waals surface area contributed by atoms with Crippen molar-refractivity contribution in [3.8, 4) is 11.3 Å². The van der Waals surface area contributed by atoms with Crippen LogP contribution in [0.25, 0.3) is 22.2 Å². The van der Waals surface area contributed by atoms with Crippen molar-refractivity contribution in [2.24, 2.45) is 0 Å². The Morgan fingerprint density at radius 1 is 1.14 bits per heavy atom. The second kappa shape index (κ2) is 7.79. The van der Waals surface area contributed by atoms with Crippen molar-refractivity contribution < 1.29 is 27.8 Å². The van der Waals surface area contributed by atoms with E-state index in [2.05, 4.69) is 10.3 Å². The Labute approximate surface area is 164 Å². The first-order valence-electron chi connectivity index (χ1n) is 9.28. The average molecular weight is 404 g/mol. The van der Waals surface area contributed by atoms with Crippen LogP contribution in [-0.2, 0) is 4.74 Å². The van der Waals surface area contributed by atoms with Crippen LogP contribution in [0.15, 0.2) is 36.4 Å². The number of ether oxygens (including phenoxy) is 1. The molecular weight excluding hydrogens is 385 g/mol. The van der Waals surface area contributed by atoms with Gasteiger partial charge in [-0.3, -0.25) is 0 Å². The molecule has 3 N–H and O–H groups in total. The van der Waals surface area contributed by atoms with Gasteiger partial charge in [-0.05, 0) is 60.2 Å². The van der Waals surface area contributed by atoms with Crippen LogP contribution in [0, 0.1) is 17.5 Å². The predicted octanol–water partition coefficient (Wildman–Crippen LogP) is 4.22. The molecule has 0 atom stereocenters. The number of H-pyrrole nitrogens is 1. The molecule has 1 fully saturated rings. The van der Waals surface area contributed by atoms with Crippen LogP contribution in [-0.4, -0.2) is 35.4 Å². The maximum absolute atomic E-state index is 14.3. The van der Waals surface area contributed by atoms with Crippen molar-refractivity contribution in [3.63, 3.8) is 0 Å². The van der Waals surface area contributed by atoms with Gasteiger partial charge in [0.25, 0.3) is 0 Å². The number of aliphatic hydroxyl groups is 1. The van der Waals surface area contributed by atoms with Crippen LogP contribution in [0.1, 0.15) is 24.3 Å². The fourth-order valence-corrected chi connectivity index (χ4v) is 3.76. The predicted molar refractivity (Wildman–Crippen MR) is 101 cm³/mol. The smallest absolute Gasteiger partial charge is 0.407 e. The van der Waals surface area contributed by atoms with E-state index in [1.807, 2.05) is 0 Å². The highest BCUT2D eigenvalue weighted by molar-refractivity contribution is 5.92. The fourth-order valence-electron chi connectivity index (χ4n) is 3.76. The lowest BCUT2D eigenvalue weighted by Gasteiger charge is -2.35. The Hall–Kier alpha value is -3.00. The van der Waals surface area contributed by atoms with E-state index in [-0.39, 0.29) is 30.7 Å². The van der Waals surface area contributed by atoms with Crippen molar-refractivity contribution in [2.75, 3.05) is 13.2 Å². The molecule has 5 nitrogen and oxygen atoms in total. The van der Waals surface area contributed by atoms with Crippen molar-refractivity contribution >= 4 is 17.0 Å². The second-order valence-corrected chi connectivity index (χ2v) is 7.08. The molecule has 3 aromatic rings. The lowest BCUT2D eigenvalue weighted by Crippen LogP contribution is -2.37. The van der Waals surface area contributed by atoms with E-state index in [9.17, 15) is 18.0 Å². The van der Waals surface area contributed by atoms with E-state index in [1.54, 1.807) is 12.1 Å². The molecule has 152 valence electrons. The number of carbonyl (C=O) groups excluding carboxylic acids is 1. The molecule has 0 bridgehead atoms. The number of halogens is 3.